The van der Waals surface area contributed by atoms with Gasteiger partial charge in [-0.05, 0) is 54.7 Å². The molecule has 0 heterocycles. The molecular weight excluding hydrogens is 383 g/mol. The Kier molecular flexibility index (Phi) is 6.06. The van der Waals surface area contributed by atoms with Crippen LogP contribution in [0.5, 0.6) is 0 Å². The molecule has 1 atom stereocenters. The fraction of sp³-hybridized carbons (Fsp3) is 0.333. The molecule has 0 aliphatic heterocycles. The van der Waals surface area contributed by atoms with Crippen molar-refractivity contribution in [2.45, 2.75) is 37.7 Å². The lowest BCUT2D eigenvalue weighted by molar-refractivity contribution is -0.139. The summed E-state index contributed by atoms with van der Waals surface area (Å²) in [5.74, 6) is -0.583. The highest BCUT2D eigenvalue weighted by Crippen LogP contribution is 2.37. The van der Waals surface area contributed by atoms with Crippen LogP contribution in [0, 0.1) is 17.2 Å². The van der Waals surface area contributed by atoms with E-state index in [0.717, 1.165) is 31.2 Å². The van der Waals surface area contributed by atoms with Gasteiger partial charge in [0.15, 0.2) is 0 Å². The van der Waals surface area contributed by atoms with Crippen LogP contribution in [0.1, 0.15) is 36.8 Å². The molecule has 2 aromatic rings. The third-order valence-corrected chi connectivity index (χ3v) is 5.68. The van der Waals surface area contributed by atoms with E-state index in [1.807, 2.05) is 18.2 Å². The van der Waals surface area contributed by atoms with Gasteiger partial charge in [-0.15, -0.1) is 0 Å². The quantitative estimate of drug-likeness (QED) is 0.741. The SMILES string of the molecule is N#Cc1ccc(NC(=O)C(O)(Cc2cccc(Cl)c2)C2CCCC2)cc1Cl. The third kappa shape index (κ3) is 4.44. The van der Waals surface area contributed by atoms with Gasteiger partial charge in [0, 0.05) is 17.1 Å². The summed E-state index contributed by atoms with van der Waals surface area (Å²) in [7, 11) is 0. The third-order valence-electron chi connectivity index (χ3n) is 5.13. The van der Waals surface area contributed by atoms with Gasteiger partial charge < -0.3 is 10.4 Å². The molecule has 0 bridgehead atoms. The molecule has 3 rings (SSSR count). The molecular formula is C21H20Cl2N2O2. The Bertz CT molecular complexity index is 888. The Balaban J connectivity index is 1.87. The van der Waals surface area contributed by atoms with E-state index in [0.29, 0.717) is 16.3 Å². The predicted molar refractivity (Wildman–Crippen MR) is 107 cm³/mol. The lowest BCUT2D eigenvalue weighted by atomic mass is 9.80. The number of nitrogens with zero attached hydrogens (tertiary/aromatic N) is 1. The Morgan fingerprint density at radius 2 is 1.96 bits per heavy atom. The summed E-state index contributed by atoms with van der Waals surface area (Å²) in [6.45, 7) is 0. The minimum absolute atomic E-state index is 0.120. The number of hydrogen-bond acceptors (Lipinski definition) is 3. The zero-order valence-corrected chi connectivity index (χ0v) is 16.2. The second-order valence-electron chi connectivity index (χ2n) is 6.97. The molecule has 0 aromatic heterocycles. The van der Waals surface area contributed by atoms with Gasteiger partial charge in [-0.1, -0.05) is 48.2 Å². The average Bonchev–Trinajstić information content (AvgIpc) is 3.17. The zero-order valence-electron chi connectivity index (χ0n) is 14.7. The van der Waals surface area contributed by atoms with Gasteiger partial charge in [0.1, 0.15) is 11.7 Å². The molecule has 1 amide bonds. The van der Waals surface area contributed by atoms with Crippen molar-refractivity contribution in [2.24, 2.45) is 5.92 Å². The van der Waals surface area contributed by atoms with Gasteiger partial charge in [0.25, 0.3) is 5.91 Å². The second kappa shape index (κ2) is 8.31. The Morgan fingerprint density at radius 3 is 2.59 bits per heavy atom. The molecule has 1 aliphatic carbocycles. The monoisotopic (exact) mass is 402 g/mol. The molecule has 0 radical (unpaired) electrons. The average molecular weight is 403 g/mol. The topological polar surface area (TPSA) is 73.1 Å². The molecule has 140 valence electrons. The van der Waals surface area contributed by atoms with Crippen LogP contribution in [0.15, 0.2) is 42.5 Å². The Labute approximate surface area is 168 Å². The van der Waals surface area contributed by atoms with Crippen molar-refractivity contribution in [2.75, 3.05) is 5.32 Å². The molecule has 0 saturated heterocycles. The van der Waals surface area contributed by atoms with Crippen LogP contribution < -0.4 is 5.32 Å². The number of nitrogens with one attached hydrogen (secondary N) is 1. The summed E-state index contributed by atoms with van der Waals surface area (Å²) < 4.78 is 0. The molecule has 1 aliphatic rings. The highest BCUT2D eigenvalue weighted by Gasteiger charge is 2.45. The number of hydrogen-bond donors (Lipinski definition) is 2. The van der Waals surface area contributed by atoms with Crippen molar-refractivity contribution < 1.29 is 9.90 Å². The number of nitriles is 1. The van der Waals surface area contributed by atoms with Crippen LogP contribution >= 0.6 is 23.2 Å². The minimum atomic E-state index is -1.54. The maximum atomic E-state index is 13.1. The molecule has 4 nitrogen and oxygen atoms in total. The fourth-order valence-corrected chi connectivity index (χ4v) is 4.13. The number of benzene rings is 2. The summed E-state index contributed by atoms with van der Waals surface area (Å²) in [6.07, 6.45) is 3.79. The normalized spacial score (nSPS) is 16.5. The van der Waals surface area contributed by atoms with Gasteiger partial charge in [-0.25, -0.2) is 0 Å². The van der Waals surface area contributed by atoms with E-state index in [4.69, 9.17) is 28.5 Å². The summed E-state index contributed by atoms with van der Waals surface area (Å²) in [4.78, 5) is 13.1. The van der Waals surface area contributed by atoms with Crippen LogP contribution in [0.25, 0.3) is 0 Å². The summed E-state index contributed by atoms with van der Waals surface area (Å²) >= 11 is 12.1. The van der Waals surface area contributed by atoms with Crippen molar-refractivity contribution in [1.82, 2.24) is 0 Å². The van der Waals surface area contributed by atoms with E-state index < -0.39 is 11.5 Å². The van der Waals surface area contributed by atoms with Crippen molar-refractivity contribution in [1.29, 1.82) is 5.26 Å². The number of anilines is 1. The van der Waals surface area contributed by atoms with E-state index in [1.165, 1.54) is 6.07 Å². The molecule has 1 saturated carbocycles. The van der Waals surface area contributed by atoms with Gasteiger partial charge in [0.2, 0.25) is 0 Å². The lowest BCUT2D eigenvalue weighted by Crippen LogP contribution is -2.50. The summed E-state index contributed by atoms with van der Waals surface area (Å²) in [5.41, 5.74) is 0.0535. The highest BCUT2D eigenvalue weighted by atomic mass is 35.5. The first-order chi connectivity index (χ1) is 12.9. The molecule has 1 unspecified atom stereocenters. The smallest absolute Gasteiger partial charge is 0.256 e. The molecule has 27 heavy (non-hydrogen) atoms. The second-order valence-corrected chi connectivity index (χ2v) is 7.82. The van der Waals surface area contributed by atoms with E-state index in [-0.39, 0.29) is 17.4 Å². The van der Waals surface area contributed by atoms with Gasteiger partial charge >= 0.3 is 0 Å². The van der Waals surface area contributed by atoms with E-state index >= 15 is 0 Å². The standard InChI is InChI=1S/C21H20Cl2N2O2/c22-17-7-3-4-14(10-17)12-21(27,16-5-1-2-6-16)20(26)25-18-9-8-15(13-24)19(23)11-18/h3-4,7-11,16,27H,1-2,5-6,12H2,(H,25,26). The molecule has 6 heteroatoms. The minimum Gasteiger partial charge on any atom is -0.379 e. The first-order valence-electron chi connectivity index (χ1n) is 8.90. The van der Waals surface area contributed by atoms with Crippen LogP contribution in [0.4, 0.5) is 5.69 Å². The number of amides is 1. The van der Waals surface area contributed by atoms with Gasteiger partial charge in [-0.2, -0.15) is 5.26 Å². The van der Waals surface area contributed by atoms with Crippen molar-refractivity contribution in [3.05, 3.63) is 63.6 Å². The fourth-order valence-electron chi connectivity index (χ4n) is 3.69. The first-order valence-corrected chi connectivity index (χ1v) is 9.66. The van der Waals surface area contributed by atoms with Crippen molar-refractivity contribution in [3.63, 3.8) is 0 Å². The first kappa shape index (κ1) is 19.7. The van der Waals surface area contributed by atoms with E-state index in [2.05, 4.69) is 5.32 Å². The summed E-state index contributed by atoms with van der Waals surface area (Å²) in [5, 5.41) is 24.0. The maximum Gasteiger partial charge on any atom is 0.256 e. The molecule has 2 aromatic carbocycles. The number of rotatable bonds is 5. The van der Waals surface area contributed by atoms with Gasteiger partial charge in [0.05, 0.1) is 10.6 Å². The highest BCUT2D eigenvalue weighted by molar-refractivity contribution is 6.32. The van der Waals surface area contributed by atoms with Crippen molar-refractivity contribution in [3.8, 4) is 6.07 Å². The van der Waals surface area contributed by atoms with Crippen LogP contribution in [0.2, 0.25) is 10.0 Å². The molecule has 0 spiro atoms. The Hall–Kier alpha value is -2.06. The molecule has 1 fully saturated rings. The predicted octanol–water partition coefficient (Wildman–Crippen LogP) is 4.97. The largest absolute Gasteiger partial charge is 0.379 e. The number of carbonyl (C=O) groups is 1. The summed E-state index contributed by atoms with van der Waals surface area (Å²) in [6, 6.07) is 13.9. The Morgan fingerprint density at radius 1 is 1.22 bits per heavy atom. The maximum absolute atomic E-state index is 13.1. The zero-order chi connectivity index (χ0) is 19.4. The number of aliphatic hydroxyl groups is 1. The lowest BCUT2D eigenvalue weighted by Gasteiger charge is -2.33. The van der Waals surface area contributed by atoms with E-state index in [1.54, 1.807) is 24.3 Å². The van der Waals surface area contributed by atoms with Gasteiger partial charge in [-0.3, -0.25) is 4.79 Å². The molecule has 2 N–H and O–H groups in total. The van der Waals surface area contributed by atoms with Crippen LogP contribution in [0.3, 0.4) is 0 Å². The number of carbonyl (C=O) groups excluding carboxylic acids is 1. The van der Waals surface area contributed by atoms with E-state index in [9.17, 15) is 9.90 Å². The van der Waals surface area contributed by atoms with Crippen LogP contribution in [-0.2, 0) is 11.2 Å². The van der Waals surface area contributed by atoms with Crippen LogP contribution in [-0.4, -0.2) is 16.6 Å². The number of halogens is 2. The van der Waals surface area contributed by atoms with Crippen molar-refractivity contribution >= 4 is 34.8 Å².